The molecule has 5 nitrogen and oxygen atoms in total. The number of fused-ring (bicyclic) bond motifs is 1. The minimum atomic E-state index is 0.135. The third-order valence-corrected chi connectivity index (χ3v) is 6.62. The minimum absolute atomic E-state index is 0.135. The molecule has 0 fully saturated rings. The number of benzene rings is 3. The number of hydrogen-bond donors (Lipinski definition) is 0. The number of rotatable bonds is 5. The number of carbonyl (C=O) groups is 1. The second-order valence-electron chi connectivity index (χ2n) is 8.09. The number of aryl methyl sites for hydroxylation is 1. The molecule has 0 aliphatic carbocycles. The van der Waals surface area contributed by atoms with Crippen molar-refractivity contribution in [2.75, 3.05) is 5.75 Å². The van der Waals surface area contributed by atoms with Crippen LogP contribution in [-0.2, 0) is 4.79 Å². The fraction of sp³-hybridized carbons (Fsp3) is 0.148. The van der Waals surface area contributed by atoms with Crippen molar-refractivity contribution < 1.29 is 4.79 Å². The van der Waals surface area contributed by atoms with Crippen molar-refractivity contribution in [1.29, 1.82) is 0 Å². The Hall–Kier alpha value is -3.64. The van der Waals surface area contributed by atoms with Gasteiger partial charge in [-0.05, 0) is 71.1 Å². The van der Waals surface area contributed by atoms with E-state index in [1.807, 2.05) is 19.3 Å². The minimum Gasteiger partial charge on any atom is -0.299 e. The van der Waals surface area contributed by atoms with Crippen LogP contribution in [0.1, 0.15) is 24.7 Å². The van der Waals surface area contributed by atoms with Gasteiger partial charge in [0, 0.05) is 24.4 Å². The maximum atomic E-state index is 11.3. The Morgan fingerprint density at radius 1 is 0.818 bits per heavy atom. The average molecular weight is 451 g/mol. The van der Waals surface area contributed by atoms with E-state index in [1.54, 1.807) is 6.92 Å². The summed E-state index contributed by atoms with van der Waals surface area (Å²) in [6.07, 6.45) is 4.34. The molecule has 0 saturated heterocycles. The average Bonchev–Trinajstić information content (AvgIpc) is 3.32. The van der Waals surface area contributed by atoms with Gasteiger partial charge < -0.3 is 0 Å². The summed E-state index contributed by atoms with van der Waals surface area (Å²) < 4.78 is 0. The van der Waals surface area contributed by atoms with E-state index in [1.165, 1.54) is 22.5 Å². The number of carbonyl (C=O) groups excluding carboxylic acids is 1. The summed E-state index contributed by atoms with van der Waals surface area (Å²) in [6, 6.07) is 21.3. The molecule has 1 aromatic heterocycles. The van der Waals surface area contributed by atoms with Crippen molar-refractivity contribution in [3.63, 3.8) is 0 Å². The molecule has 4 aromatic rings. The van der Waals surface area contributed by atoms with E-state index >= 15 is 0 Å². The second kappa shape index (κ2) is 9.08. The summed E-state index contributed by atoms with van der Waals surface area (Å²) in [7, 11) is 0. The summed E-state index contributed by atoms with van der Waals surface area (Å²) in [6.45, 7) is 3.47. The molecular weight excluding hydrogens is 428 g/mol. The molecule has 0 unspecified atom stereocenters. The smallest absolute Gasteiger partial charge is 0.140 e. The van der Waals surface area contributed by atoms with Crippen LogP contribution in [0, 0.1) is 6.92 Å². The first-order chi connectivity index (χ1) is 16.0. The van der Waals surface area contributed by atoms with Crippen LogP contribution < -0.4 is 0 Å². The highest BCUT2D eigenvalue weighted by Gasteiger charge is 2.18. The third kappa shape index (κ3) is 4.76. The summed E-state index contributed by atoms with van der Waals surface area (Å²) in [5, 5.41) is 12.0. The van der Waals surface area contributed by atoms with E-state index in [0.29, 0.717) is 12.2 Å². The zero-order valence-electron chi connectivity index (χ0n) is 18.4. The van der Waals surface area contributed by atoms with E-state index in [9.17, 15) is 4.79 Å². The van der Waals surface area contributed by atoms with Crippen molar-refractivity contribution >= 4 is 39.1 Å². The number of nitrogens with zero attached hydrogens (tertiary/aromatic N) is 4. The Balaban J connectivity index is 1.55. The molecule has 0 amide bonds. The summed E-state index contributed by atoms with van der Waals surface area (Å²) in [4.78, 5) is 20.1. The summed E-state index contributed by atoms with van der Waals surface area (Å²) >= 11 is 1.46. The van der Waals surface area contributed by atoms with Gasteiger partial charge in [-0.3, -0.25) is 4.79 Å². The van der Waals surface area contributed by atoms with Gasteiger partial charge in [-0.1, -0.05) is 36.4 Å². The molecule has 0 N–H and O–H groups in total. The van der Waals surface area contributed by atoms with E-state index in [4.69, 9.17) is 0 Å². The second-order valence-corrected chi connectivity index (χ2v) is 9.14. The molecule has 33 heavy (non-hydrogen) atoms. The predicted octanol–water partition coefficient (Wildman–Crippen LogP) is 6.10. The van der Waals surface area contributed by atoms with Crippen LogP contribution in [0.4, 0.5) is 0 Å². The van der Waals surface area contributed by atoms with Crippen LogP contribution in [0.3, 0.4) is 0 Å². The fourth-order valence-electron chi connectivity index (χ4n) is 3.79. The molecule has 2 heterocycles. The molecule has 1 aliphatic heterocycles. The number of Topliss-reactive ketones (excluding diaryl/α,β-unsaturated/α-hetero) is 1. The highest BCUT2D eigenvalue weighted by atomic mass is 32.2. The highest BCUT2D eigenvalue weighted by Crippen LogP contribution is 2.31. The van der Waals surface area contributed by atoms with Gasteiger partial charge in [-0.25, -0.2) is 9.97 Å². The first kappa shape index (κ1) is 21.2. The van der Waals surface area contributed by atoms with Crippen LogP contribution in [0.5, 0.6) is 0 Å². The lowest BCUT2D eigenvalue weighted by molar-refractivity contribution is -0.114. The van der Waals surface area contributed by atoms with Crippen molar-refractivity contribution in [2.24, 2.45) is 10.2 Å². The van der Waals surface area contributed by atoms with Crippen LogP contribution >= 0.6 is 11.8 Å². The first-order valence-corrected chi connectivity index (χ1v) is 11.7. The van der Waals surface area contributed by atoms with E-state index in [-0.39, 0.29) is 5.78 Å². The number of hydrogen-bond acceptors (Lipinski definition) is 6. The molecular formula is C27H22N4OS. The van der Waals surface area contributed by atoms with Crippen LogP contribution in [0.15, 0.2) is 83.3 Å². The van der Waals surface area contributed by atoms with Crippen LogP contribution in [0.25, 0.3) is 33.0 Å². The van der Waals surface area contributed by atoms with E-state index in [2.05, 4.69) is 80.8 Å². The van der Waals surface area contributed by atoms with Crippen molar-refractivity contribution in [3.05, 3.63) is 84.4 Å². The molecule has 0 radical (unpaired) electrons. The summed E-state index contributed by atoms with van der Waals surface area (Å²) in [5.41, 5.74) is 6.13. The molecule has 0 spiro atoms. The van der Waals surface area contributed by atoms with Gasteiger partial charge >= 0.3 is 0 Å². The van der Waals surface area contributed by atoms with Gasteiger partial charge in [0.2, 0.25) is 0 Å². The van der Waals surface area contributed by atoms with Gasteiger partial charge in [-0.2, -0.15) is 5.10 Å². The molecule has 0 atom stereocenters. The number of ketones is 1. The molecule has 1 aliphatic rings. The zero-order valence-corrected chi connectivity index (χ0v) is 19.3. The van der Waals surface area contributed by atoms with Gasteiger partial charge in [0.05, 0.1) is 11.5 Å². The highest BCUT2D eigenvalue weighted by molar-refractivity contribution is 8.14. The van der Waals surface area contributed by atoms with Crippen molar-refractivity contribution in [1.82, 2.24) is 9.97 Å². The van der Waals surface area contributed by atoms with Gasteiger partial charge in [0.1, 0.15) is 16.7 Å². The molecule has 5 rings (SSSR count). The Labute approximate surface area is 196 Å². The Bertz CT molecular complexity index is 1420. The molecule has 0 saturated carbocycles. The van der Waals surface area contributed by atoms with Gasteiger partial charge in [0.25, 0.3) is 0 Å². The van der Waals surface area contributed by atoms with Crippen LogP contribution in [-0.4, -0.2) is 32.3 Å². The lowest BCUT2D eigenvalue weighted by atomic mass is 9.94. The Morgan fingerprint density at radius 2 is 1.52 bits per heavy atom. The largest absolute Gasteiger partial charge is 0.299 e. The third-order valence-electron chi connectivity index (χ3n) is 5.51. The first-order valence-electron chi connectivity index (χ1n) is 10.7. The van der Waals surface area contributed by atoms with Gasteiger partial charge in [0.15, 0.2) is 0 Å². The lowest BCUT2D eigenvalue weighted by Crippen LogP contribution is -2.05. The summed E-state index contributed by atoms with van der Waals surface area (Å²) in [5.74, 6) is 1.30. The fourth-order valence-corrected chi connectivity index (χ4v) is 4.50. The molecule has 0 bridgehead atoms. The normalized spacial score (nSPS) is 13.2. The lowest BCUT2D eigenvalue weighted by Gasteiger charge is -2.11. The molecule has 6 heteroatoms. The Kier molecular flexibility index (Phi) is 5.84. The van der Waals surface area contributed by atoms with E-state index < -0.39 is 0 Å². The maximum absolute atomic E-state index is 11.3. The quantitative estimate of drug-likeness (QED) is 0.368. The van der Waals surface area contributed by atoms with Crippen molar-refractivity contribution in [2.45, 2.75) is 20.3 Å². The van der Waals surface area contributed by atoms with Crippen LogP contribution in [0.2, 0.25) is 0 Å². The van der Waals surface area contributed by atoms with E-state index in [0.717, 1.165) is 44.4 Å². The number of thioether (sulfide) groups is 1. The van der Waals surface area contributed by atoms with Gasteiger partial charge in [-0.15, -0.1) is 16.9 Å². The number of aromatic nitrogens is 2. The monoisotopic (exact) mass is 450 g/mol. The zero-order chi connectivity index (χ0) is 22.8. The maximum Gasteiger partial charge on any atom is 0.140 e. The molecule has 3 aromatic carbocycles. The SMILES string of the molecule is CC(=O)CSC1=NN=C(c2cc(-c3cnc(C)nc3)cc(-c3ccc4ccccc4c3)c2)C1. The standard InChI is InChI=1S/C27H22N4OS/c1-17(32)16-33-27-13-26(30-31-27)24-11-22(10-23(12-24)25-14-28-18(2)29-15-25)21-8-7-19-5-3-4-6-20(19)9-21/h3-12,14-15H,13,16H2,1-2H3. The topological polar surface area (TPSA) is 67.6 Å². The predicted molar refractivity (Wildman–Crippen MR) is 137 cm³/mol. The molecule has 162 valence electrons. The Morgan fingerprint density at radius 3 is 2.27 bits per heavy atom. The van der Waals surface area contributed by atoms with Crippen molar-refractivity contribution in [3.8, 4) is 22.3 Å².